The lowest BCUT2D eigenvalue weighted by molar-refractivity contribution is -0.378. The van der Waals surface area contributed by atoms with E-state index < -0.39 is 112 Å². The molecule has 0 aromatic carbocycles. The van der Waals surface area contributed by atoms with Crippen LogP contribution in [0.2, 0.25) is 0 Å². The van der Waals surface area contributed by atoms with Gasteiger partial charge in [0.1, 0.15) is 73.2 Å². The van der Waals surface area contributed by atoms with Crippen LogP contribution in [0.4, 0.5) is 0 Å². The first-order valence-corrected chi connectivity index (χ1v) is 10.6. The maximum Gasteiger partial charge on any atom is 0.187 e. The van der Waals surface area contributed by atoms with Crippen LogP contribution in [0.15, 0.2) is 0 Å². The van der Waals surface area contributed by atoms with Crippen molar-refractivity contribution in [3.63, 3.8) is 0 Å². The van der Waals surface area contributed by atoms with Gasteiger partial charge < -0.3 is 79.9 Å². The standard InChI is InChI=1S/C18H32O16/c19-1-4-7(22)9(24)12(27)17(31-4)34-15-8(23)5(2-20)32-18(13(15)28)33-14-6(3-21)30-16(29)11(26)10(14)25/h4-29H,1-3H2/t4-,5-,6-,7+,8-,9+,10-,11-,12-,13-,14-,15+,16-,17?,18-/m1/s1. The highest BCUT2D eigenvalue weighted by Crippen LogP contribution is 2.32. The minimum absolute atomic E-state index is 0.759. The zero-order valence-corrected chi connectivity index (χ0v) is 17.7. The molecular formula is C18H32O16. The second kappa shape index (κ2) is 11.6. The van der Waals surface area contributed by atoms with Gasteiger partial charge in [0, 0.05) is 0 Å². The summed E-state index contributed by atoms with van der Waals surface area (Å²) in [5.74, 6) is 0. The van der Waals surface area contributed by atoms with Crippen LogP contribution in [-0.4, -0.2) is 168 Å². The molecule has 15 atom stereocenters. The molecule has 3 fully saturated rings. The van der Waals surface area contributed by atoms with Gasteiger partial charge >= 0.3 is 0 Å². The van der Waals surface area contributed by atoms with Crippen molar-refractivity contribution in [3.05, 3.63) is 0 Å². The Labute approximate surface area is 192 Å². The van der Waals surface area contributed by atoms with Crippen molar-refractivity contribution in [1.29, 1.82) is 0 Å². The van der Waals surface area contributed by atoms with Crippen molar-refractivity contribution >= 4 is 0 Å². The molecule has 3 heterocycles. The Hall–Kier alpha value is -0.640. The molecule has 0 aromatic heterocycles. The first-order valence-electron chi connectivity index (χ1n) is 10.6. The predicted octanol–water partition coefficient (Wildman–Crippen LogP) is -7.57. The summed E-state index contributed by atoms with van der Waals surface area (Å²) in [4.78, 5) is 0. The Morgan fingerprint density at radius 3 is 1.50 bits per heavy atom. The molecule has 0 bridgehead atoms. The highest BCUT2D eigenvalue weighted by atomic mass is 16.7. The van der Waals surface area contributed by atoms with E-state index in [0.717, 1.165) is 0 Å². The van der Waals surface area contributed by atoms with Crippen LogP contribution in [0.1, 0.15) is 0 Å². The second-order valence-electron chi connectivity index (χ2n) is 8.33. The van der Waals surface area contributed by atoms with Gasteiger partial charge in [0.05, 0.1) is 19.8 Å². The lowest BCUT2D eigenvalue weighted by Gasteiger charge is -2.47. The van der Waals surface area contributed by atoms with Gasteiger partial charge in [-0.15, -0.1) is 0 Å². The van der Waals surface area contributed by atoms with E-state index in [9.17, 15) is 56.2 Å². The summed E-state index contributed by atoms with van der Waals surface area (Å²) in [6.45, 7) is -2.34. The molecule has 16 nitrogen and oxygen atoms in total. The smallest absolute Gasteiger partial charge is 0.187 e. The van der Waals surface area contributed by atoms with Crippen molar-refractivity contribution in [2.24, 2.45) is 0 Å². The van der Waals surface area contributed by atoms with E-state index in [1.807, 2.05) is 0 Å². The summed E-state index contributed by atoms with van der Waals surface area (Å²) < 4.78 is 26.4. The quantitative estimate of drug-likeness (QED) is 0.154. The Balaban J connectivity index is 1.78. The predicted molar refractivity (Wildman–Crippen MR) is 101 cm³/mol. The van der Waals surface area contributed by atoms with E-state index in [1.54, 1.807) is 0 Å². The van der Waals surface area contributed by atoms with Crippen LogP contribution < -0.4 is 0 Å². The first kappa shape index (κ1) is 27.9. The maximum atomic E-state index is 10.8. The summed E-state index contributed by atoms with van der Waals surface area (Å²) in [6.07, 6.45) is -25.4. The van der Waals surface area contributed by atoms with Crippen molar-refractivity contribution in [1.82, 2.24) is 0 Å². The van der Waals surface area contributed by atoms with Crippen molar-refractivity contribution < 1.29 is 79.9 Å². The summed E-state index contributed by atoms with van der Waals surface area (Å²) >= 11 is 0. The van der Waals surface area contributed by atoms with Crippen molar-refractivity contribution in [2.75, 3.05) is 19.8 Å². The Bertz CT molecular complexity index is 637. The molecule has 0 saturated carbocycles. The Morgan fingerprint density at radius 1 is 0.441 bits per heavy atom. The monoisotopic (exact) mass is 504 g/mol. The van der Waals surface area contributed by atoms with Gasteiger partial charge in [-0.05, 0) is 0 Å². The molecule has 1 unspecified atom stereocenters. The lowest BCUT2D eigenvalue weighted by Crippen LogP contribution is -2.66. The number of rotatable bonds is 7. The van der Waals surface area contributed by atoms with E-state index in [2.05, 4.69) is 0 Å². The van der Waals surface area contributed by atoms with Gasteiger partial charge in [-0.25, -0.2) is 0 Å². The molecule has 200 valence electrons. The molecule has 0 amide bonds. The molecular weight excluding hydrogens is 472 g/mol. The van der Waals surface area contributed by atoms with Gasteiger partial charge in [-0.2, -0.15) is 0 Å². The van der Waals surface area contributed by atoms with Crippen LogP contribution >= 0.6 is 0 Å². The van der Waals surface area contributed by atoms with Gasteiger partial charge in [-0.3, -0.25) is 0 Å². The molecule has 3 aliphatic heterocycles. The number of aliphatic hydroxyl groups is 11. The summed E-state index contributed by atoms with van der Waals surface area (Å²) in [6, 6.07) is 0. The SMILES string of the molecule is OC[C@H]1OC(O[C@@H]2[C@@H](O)[C@@H](O[C@H]3[C@H](O)[C@@H](O)[C@H](O)O[C@@H]3CO)O[C@H](CO)[C@H]2O)[C@H](O)[C@@H](O)[C@H]1O. The van der Waals surface area contributed by atoms with Gasteiger partial charge in [0.15, 0.2) is 18.9 Å². The molecule has 0 aliphatic carbocycles. The minimum Gasteiger partial charge on any atom is -0.394 e. The normalized spacial score (nSPS) is 52.5. The van der Waals surface area contributed by atoms with Crippen LogP contribution in [0.5, 0.6) is 0 Å². The topological polar surface area (TPSA) is 269 Å². The van der Waals surface area contributed by atoms with Crippen LogP contribution in [0, 0.1) is 0 Å². The second-order valence-corrected chi connectivity index (χ2v) is 8.33. The average molecular weight is 504 g/mol. The van der Waals surface area contributed by atoms with E-state index >= 15 is 0 Å². The molecule has 16 heteroatoms. The lowest BCUT2D eigenvalue weighted by atomic mass is 9.96. The molecule has 3 aliphatic rings. The zero-order valence-electron chi connectivity index (χ0n) is 17.7. The number of aliphatic hydroxyl groups excluding tert-OH is 11. The van der Waals surface area contributed by atoms with Gasteiger partial charge in [-0.1, -0.05) is 0 Å². The Kier molecular flexibility index (Phi) is 9.54. The molecule has 3 saturated heterocycles. The number of hydrogen-bond acceptors (Lipinski definition) is 16. The van der Waals surface area contributed by atoms with Gasteiger partial charge in [0.25, 0.3) is 0 Å². The van der Waals surface area contributed by atoms with Crippen LogP contribution in [0.25, 0.3) is 0 Å². The van der Waals surface area contributed by atoms with Crippen LogP contribution in [0.3, 0.4) is 0 Å². The fourth-order valence-electron chi connectivity index (χ4n) is 4.05. The Morgan fingerprint density at radius 2 is 0.941 bits per heavy atom. The van der Waals surface area contributed by atoms with E-state index in [-0.39, 0.29) is 0 Å². The molecule has 3 rings (SSSR count). The van der Waals surface area contributed by atoms with Crippen LogP contribution in [-0.2, 0) is 23.7 Å². The van der Waals surface area contributed by atoms with Gasteiger partial charge in [0.2, 0.25) is 0 Å². The zero-order chi connectivity index (χ0) is 25.3. The molecule has 34 heavy (non-hydrogen) atoms. The fraction of sp³-hybridized carbons (Fsp3) is 1.00. The molecule has 0 aromatic rings. The van der Waals surface area contributed by atoms with E-state index in [4.69, 9.17) is 23.7 Å². The van der Waals surface area contributed by atoms with Crippen molar-refractivity contribution in [3.8, 4) is 0 Å². The third kappa shape index (κ3) is 5.37. The first-order chi connectivity index (χ1) is 16.0. The number of hydrogen-bond donors (Lipinski definition) is 11. The molecule has 0 spiro atoms. The third-order valence-electron chi connectivity index (χ3n) is 6.09. The molecule has 11 N–H and O–H groups in total. The highest BCUT2D eigenvalue weighted by molar-refractivity contribution is 4.96. The van der Waals surface area contributed by atoms with Crippen molar-refractivity contribution in [2.45, 2.75) is 92.1 Å². The summed E-state index contributed by atoms with van der Waals surface area (Å²) in [7, 11) is 0. The summed E-state index contributed by atoms with van der Waals surface area (Å²) in [5, 5.41) is 109. The van der Waals surface area contributed by atoms with E-state index in [0.29, 0.717) is 0 Å². The fourth-order valence-corrected chi connectivity index (χ4v) is 4.05. The number of ether oxygens (including phenoxy) is 5. The largest absolute Gasteiger partial charge is 0.394 e. The highest BCUT2D eigenvalue weighted by Gasteiger charge is 2.53. The summed E-state index contributed by atoms with van der Waals surface area (Å²) in [5.41, 5.74) is 0. The third-order valence-corrected chi connectivity index (χ3v) is 6.09. The minimum atomic E-state index is -1.90. The maximum absolute atomic E-state index is 10.8. The average Bonchev–Trinajstić information content (AvgIpc) is 2.83. The van der Waals surface area contributed by atoms with E-state index in [1.165, 1.54) is 0 Å². The molecule has 0 radical (unpaired) electrons.